The standard InChI is InChI=1S/C15H23O2P/c1-10(2)9-18(6,17)15(16)14-12(4)7-11(3)8-13(14)5/h7-8,10H,9H2,1-6H3. The van der Waals surface area contributed by atoms with Crippen LogP contribution in [0.15, 0.2) is 12.1 Å². The molecule has 2 nitrogen and oxygen atoms in total. The monoisotopic (exact) mass is 266 g/mol. The molecule has 0 aromatic heterocycles. The van der Waals surface area contributed by atoms with Crippen LogP contribution < -0.4 is 0 Å². The summed E-state index contributed by atoms with van der Waals surface area (Å²) in [7, 11) is -2.77. The lowest BCUT2D eigenvalue weighted by molar-refractivity contribution is 0.107. The lowest BCUT2D eigenvalue weighted by Gasteiger charge is -2.17. The SMILES string of the molecule is Cc1cc(C)c(C(=O)P(C)(=O)CC(C)C)c(C)c1. The molecule has 0 fully saturated rings. The third kappa shape index (κ3) is 3.32. The molecule has 1 rings (SSSR count). The fourth-order valence-electron chi connectivity index (χ4n) is 2.53. The first-order valence-electron chi connectivity index (χ1n) is 6.34. The van der Waals surface area contributed by atoms with E-state index in [0.29, 0.717) is 11.7 Å². The van der Waals surface area contributed by atoms with Crippen LogP contribution >= 0.6 is 7.14 Å². The molecule has 0 aliphatic rings. The van der Waals surface area contributed by atoms with Gasteiger partial charge in [-0.25, -0.2) is 0 Å². The van der Waals surface area contributed by atoms with Crippen molar-refractivity contribution in [3.05, 3.63) is 34.4 Å². The molecule has 0 heterocycles. The van der Waals surface area contributed by atoms with E-state index >= 15 is 0 Å². The number of carbonyl (C=O) groups is 1. The van der Waals surface area contributed by atoms with E-state index in [1.54, 1.807) is 6.66 Å². The zero-order valence-corrected chi connectivity index (χ0v) is 13.1. The van der Waals surface area contributed by atoms with E-state index in [2.05, 4.69) is 0 Å². The minimum Gasteiger partial charge on any atom is -0.315 e. The third-order valence-electron chi connectivity index (χ3n) is 3.03. The second-order valence-electron chi connectivity index (χ2n) is 5.76. The number of rotatable bonds is 4. The third-order valence-corrected chi connectivity index (χ3v) is 5.54. The molecule has 0 radical (unpaired) electrons. The number of benzene rings is 1. The van der Waals surface area contributed by atoms with Gasteiger partial charge >= 0.3 is 0 Å². The molecule has 1 unspecified atom stereocenters. The first-order chi connectivity index (χ1) is 8.15. The molecule has 0 N–H and O–H groups in total. The Morgan fingerprint density at radius 1 is 1.17 bits per heavy atom. The summed E-state index contributed by atoms with van der Waals surface area (Å²) in [5.74, 6) is 0.274. The van der Waals surface area contributed by atoms with Crippen LogP contribution in [-0.4, -0.2) is 18.4 Å². The maximum absolute atomic E-state index is 12.6. The highest BCUT2D eigenvalue weighted by atomic mass is 31.2. The minimum absolute atomic E-state index is 0.161. The van der Waals surface area contributed by atoms with E-state index in [9.17, 15) is 9.36 Å². The largest absolute Gasteiger partial charge is 0.315 e. The zero-order chi connectivity index (χ0) is 14.1. The molecule has 18 heavy (non-hydrogen) atoms. The van der Waals surface area contributed by atoms with Gasteiger partial charge in [0, 0.05) is 11.7 Å². The van der Waals surface area contributed by atoms with E-state index in [1.165, 1.54) is 0 Å². The van der Waals surface area contributed by atoms with Crippen LogP contribution in [-0.2, 0) is 4.57 Å². The summed E-state index contributed by atoms with van der Waals surface area (Å²) < 4.78 is 12.6. The Kier molecular flexibility index (Phi) is 4.55. The average molecular weight is 266 g/mol. The Morgan fingerprint density at radius 2 is 1.61 bits per heavy atom. The predicted octanol–water partition coefficient (Wildman–Crippen LogP) is 4.40. The van der Waals surface area contributed by atoms with Crippen LogP contribution in [0.4, 0.5) is 0 Å². The lowest BCUT2D eigenvalue weighted by atomic mass is 10.0. The van der Waals surface area contributed by atoms with Gasteiger partial charge in [0.2, 0.25) is 5.52 Å². The highest BCUT2D eigenvalue weighted by Gasteiger charge is 2.30. The molecule has 0 aliphatic carbocycles. The van der Waals surface area contributed by atoms with Gasteiger partial charge in [0.25, 0.3) is 0 Å². The van der Waals surface area contributed by atoms with Crippen molar-refractivity contribution in [2.24, 2.45) is 5.92 Å². The first-order valence-corrected chi connectivity index (χ1v) is 8.68. The summed E-state index contributed by atoms with van der Waals surface area (Å²) in [5.41, 5.74) is 3.50. The van der Waals surface area contributed by atoms with Crippen LogP contribution in [0.1, 0.15) is 40.9 Å². The van der Waals surface area contributed by atoms with Crippen molar-refractivity contribution in [1.82, 2.24) is 0 Å². The Labute approximate surface area is 110 Å². The maximum Gasteiger partial charge on any atom is 0.221 e. The summed E-state index contributed by atoms with van der Waals surface area (Å²) in [6.45, 7) is 11.5. The molecule has 3 heteroatoms. The molecular formula is C15H23O2P. The summed E-state index contributed by atoms with van der Waals surface area (Å²) in [6, 6.07) is 3.96. The van der Waals surface area contributed by atoms with Crippen molar-refractivity contribution >= 4 is 12.7 Å². The molecule has 1 aromatic rings. The van der Waals surface area contributed by atoms with E-state index in [-0.39, 0.29) is 11.4 Å². The summed E-state index contributed by atoms with van der Waals surface area (Å²) >= 11 is 0. The molecule has 0 amide bonds. The fourth-order valence-corrected chi connectivity index (χ4v) is 4.92. The van der Waals surface area contributed by atoms with Crippen molar-refractivity contribution in [2.75, 3.05) is 12.8 Å². The van der Waals surface area contributed by atoms with Crippen LogP contribution in [0.2, 0.25) is 0 Å². The average Bonchev–Trinajstić information content (AvgIpc) is 2.13. The zero-order valence-electron chi connectivity index (χ0n) is 12.2. The Balaban J connectivity index is 3.24. The van der Waals surface area contributed by atoms with Crippen molar-refractivity contribution < 1.29 is 9.36 Å². The second-order valence-corrected chi connectivity index (χ2v) is 8.73. The number of hydrogen-bond donors (Lipinski definition) is 0. The van der Waals surface area contributed by atoms with Crippen LogP contribution in [0.3, 0.4) is 0 Å². The maximum atomic E-state index is 12.6. The van der Waals surface area contributed by atoms with E-state index in [4.69, 9.17) is 0 Å². The Morgan fingerprint density at radius 3 is 2.00 bits per heavy atom. The predicted molar refractivity (Wildman–Crippen MR) is 78.2 cm³/mol. The first kappa shape index (κ1) is 15.2. The van der Waals surface area contributed by atoms with Gasteiger partial charge in [-0.05, 0) is 44.5 Å². The van der Waals surface area contributed by atoms with Gasteiger partial charge in [-0.2, -0.15) is 0 Å². The van der Waals surface area contributed by atoms with Crippen molar-refractivity contribution in [3.8, 4) is 0 Å². The minimum atomic E-state index is -2.77. The van der Waals surface area contributed by atoms with Crippen molar-refractivity contribution in [2.45, 2.75) is 34.6 Å². The quantitative estimate of drug-likeness (QED) is 0.757. The van der Waals surface area contributed by atoms with Gasteiger partial charge < -0.3 is 4.57 Å². The normalized spacial score (nSPS) is 14.6. The van der Waals surface area contributed by atoms with E-state index in [1.807, 2.05) is 46.8 Å². The van der Waals surface area contributed by atoms with Crippen LogP contribution in [0.5, 0.6) is 0 Å². The number of hydrogen-bond acceptors (Lipinski definition) is 2. The van der Waals surface area contributed by atoms with E-state index < -0.39 is 7.14 Å². The van der Waals surface area contributed by atoms with Gasteiger partial charge in [0.15, 0.2) is 7.14 Å². The van der Waals surface area contributed by atoms with Gasteiger partial charge in [0.1, 0.15) is 0 Å². The fraction of sp³-hybridized carbons (Fsp3) is 0.533. The van der Waals surface area contributed by atoms with Gasteiger partial charge in [-0.3, -0.25) is 4.79 Å². The van der Waals surface area contributed by atoms with Crippen molar-refractivity contribution in [1.29, 1.82) is 0 Å². The highest BCUT2D eigenvalue weighted by Crippen LogP contribution is 2.47. The Hall–Kier alpha value is -0.880. The molecule has 1 atom stereocenters. The van der Waals surface area contributed by atoms with Crippen LogP contribution in [0, 0.1) is 26.7 Å². The van der Waals surface area contributed by atoms with Gasteiger partial charge in [-0.15, -0.1) is 0 Å². The van der Waals surface area contributed by atoms with Crippen molar-refractivity contribution in [3.63, 3.8) is 0 Å². The number of carbonyl (C=O) groups excluding carboxylic acids is 1. The smallest absolute Gasteiger partial charge is 0.221 e. The molecule has 0 spiro atoms. The second kappa shape index (κ2) is 5.40. The molecule has 1 aromatic carbocycles. The summed E-state index contributed by atoms with van der Waals surface area (Å²) in [6.07, 6.45) is 0.485. The van der Waals surface area contributed by atoms with Crippen LogP contribution in [0.25, 0.3) is 0 Å². The van der Waals surface area contributed by atoms with E-state index in [0.717, 1.165) is 16.7 Å². The molecule has 100 valence electrons. The molecule has 0 saturated heterocycles. The molecule has 0 bridgehead atoms. The molecule has 0 saturated carbocycles. The Bertz CT molecular complexity index is 492. The lowest BCUT2D eigenvalue weighted by Crippen LogP contribution is -2.10. The summed E-state index contributed by atoms with van der Waals surface area (Å²) in [5, 5.41) is 0. The summed E-state index contributed by atoms with van der Waals surface area (Å²) in [4.78, 5) is 12.5. The molecular weight excluding hydrogens is 243 g/mol. The number of aryl methyl sites for hydroxylation is 3. The van der Waals surface area contributed by atoms with Gasteiger partial charge in [-0.1, -0.05) is 31.5 Å². The highest BCUT2D eigenvalue weighted by molar-refractivity contribution is 7.80. The topological polar surface area (TPSA) is 34.1 Å². The van der Waals surface area contributed by atoms with Gasteiger partial charge in [0.05, 0.1) is 0 Å². The molecule has 0 aliphatic heterocycles.